The Labute approximate surface area is 213 Å². The molecule has 0 radical (unpaired) electrons. The van der Waals surface area contributed by atoms with Crippen molar-refractivity contribution in [3.05, 3.63) is 56.1 Å². The van der Waals surface area contributed by atoms with E-state index in [0.29, 0.717) is 28.7 Å². The van der Waals surface area contributed by atoms with E-state index in [1.165, 1.54) is 6.21 Å². The second-order valence-electron chi connectivity index (χ2n) is 7.87. The highest BCUT2D eigenvalue weighted by Crippen LogP contribution is 2.34. The number of benzene rings is 2. The third-order valence-electron chi connectivity index (χ3n) is 4.40. The van der Waals surface area contributed by atoms with E-state index in [0.717, 1.165) is 9.13 Å². The predicted molar refractivity (Wildman–Crippen MR) is 139 cm³/mol. The number of nitrogens with one attached hydrogen (secondary N) is 2. The van der Waals surface area contributed by atoms with Gasteiger partial charge in [-0.05, 0) is 85.2 Å². The zero-order valence-electron chi connectivity index (χ0n) is 19.3. The first-order valence-electron chi connectivity index (χ1n) is 10.6. The van der Waals surface area contributed by atoms with E-state index in [1.54, 1.807) is 30.3 Å². The first-order chi connectivity index (χ1) is 15.6. The minimum Gasteiger partial charge on any atom is -0.490 e. The maximum absolute atomic E-state index is 12.7. The van der Waals surface area contributed by atoms with Crippen molar-refractivity contribution in [3.63, 3.8) is 0 Å². The fourth-order valence-electron chi connectivity index (χ4n) is 2.90. The second-order valence-corrected chi connectivity index (χ2v) is 9.47. The van der Waals surface area contributed by atoms with Gasteiger partial charge in [-0.2, -0.15) is 5.10 Å². The van der Waals surface area contributed by atoms with E-state index in [9.17, 15) is 9.59 Å². The highest BCUT2D eigenvalue weighted by atomic mass is 127. The lowest BCUT2D eigenvalue weighted by Gasteiger charge is -2.20. The summed E-state index contributed by atoms with van der Waals surface area (Å²) in [5.74, 6) is 0.335. The lowest BCUT2D eigenvalue weighted by molar-refractivity contribution is -0.123. The van der Waals surface area contributed by atoms with Gasteiger partial charge >= 0.3 is 0 Å². The Morgan fingerprint density at radius 3 is 2.52 bits per heavy atom. The average Bonchev–Trinajstić information content (AvgIpc) is 2.74. The molecule has 0 aromatic heterocycles. The summed E-state index contributed by atoms with van der Waals surface area (Å²) in [5, 5.41) is 7.27. The topological polar surface area (TPSA) is 89.0 Å². The van der Waals surface area contributed by atoms with Crippen molar-refractivity contribution in [1.29, 1.82) is 0 Å². The molecule has 0 saturated carbocycles. The van der Waals surface area contributed by atoms with Gasteiger partial charge in [0, 0.05) is 10.6 Å². The molecule has 33 heavy (non-hydrogen) atoms. The number of hydrazone groups is 1. The molecule has 0 fully saturated rings. The maximum Gasteiger partial charge on any atom is 0.262 e. The van der Waals surface area contributed by atoms with Crippen molar-refractivity contribution in [2.45, 2.75) is 46.8 Å². The summed E-state index contributed by atoms with van der Waals surface area (Å²) in [6, 6.07) is 9.47. The molecule has 2 N–H and O–H groups in total. The van der Waals surface area contributed by atoms with Crippen molar-refractivity contribution < 1.29 is 19.1 Å². The molecule has 0 heterocycles. The van der Waals surface area contributed by atoms with E-state index < -0.39 is 11.9 Å². The summed E-state index contributed by atoms with van der Waals surface area (Å²) >= 11 is 8.14. The molecule has 0 aliphatic rings. The highest BCUT2D eigenvalue weighted by molar-refractivity contribution is 14.1. The standard InChI is InChI=1S/C24H29ClIN3O4/c1-6-32-20-11-16(10-19(26)22(20)33-15(4)5)13-27-29-24(31)21(14(2)3)28-23(30)17-8-7-9-18(25)12-17/h7-15,21H,6H2,1-5H3,(H,28,30)(H,29,31). The van der Waals surface area contributed by atoms with Gasteiger partial charge in [-0.15, -0.1) is 0 Å². The Kier molecular flexibility index (Phi) is 10.4. The molecule has 0 aliphatic heterocycles. The van der Waals surface area contributed by atoms with Gasteiger partial charge in [0.15, 0.2) is 11.5 Å². The molecular formula is C24H29ClIN3O4. The van der Waals surface area contributed by atoms with Gasteiger partial charge in [-0.1, -0.05) is 31.5 Å². The van der Waals surface area contributed by atoms with E-state index in [-0.39, 0.29) is 17.9 Å². The number of hydrogen-bond donors (Lipinski definition) is 2. The van der Waals surface area contributed by atoms with Crippen molar-refractivity contribution in [1.82, 2.24) is 10.7 Å². The van der Waals surface area contributed by atoms with E-state index in [1.807, 2.05) is 40.7 Å². The monoisotopic (exact) mass is 585 g/mol. The lowest BCUT2D eigenvalue weighted by Crippen LogP contribution is -2.48. The van der Waals surface area contributed by atoms with Crippen LogP contribution in [0.1, 0.15) is 50.5 Å². The molecule has 1 unspecified atom stereocenters. The maximum atomic E-state index is 12.7. The van der Waals surface area contributed by atoms with Gasteiger partial charge in [0.25, 0.3) is 11.8 Å². The second kappa shape index (κ2) is 12.8. The molecule has 2 aromatic rings. The molecule has 2 rings (SSSR count). The third kappa shape index (κ3) is 8.19. The fraction of sp³-hybridized carbons (Fsp3) is 0.375. The number of halogens is 2. The van der Waals surface area contributed by atoms with Crippen LogP contribution in [0.4, 0.5) is 0 Å². The molecular weight excluding hydrogens is 557 g/mol. The number of ether oxygens (including phenoxy) is 2. The van der Waals surface area contributed by atoms with Crippen molar-refractivity contribution in [2.75, 3.05) is 6.61 Å². The SMILES string of the molecule is CCOc1cc(C=NNC(=O)C(NC(=O)c2cccc(Cl)c2)C(C)C)cc(I)c1OC(C)C. The summed E-state index contributed by atoms with van der Waals surface area (Å²) in [7, 11) is 0. The van der Waals surface area contributed by atoms with Gasteiger partial charge in [-0.3, -0.25) is 9.59 Å². The first-order valence-corrected chi connectivity index (χ1v) is 12.1. The van der Waals surface area contributed by atoms with Crippen LogP contribution in [0.25, 0.3) is 0 Å². The van der Waals surface area contributed by atoms with Crippen LogP contribution in [-0.2, 0) is 4.79 Å². The number of nitrogens with zero attached hydrogens (tertiary/aromatic N) is 1. The minimum atomic E-state index is -0.769. The Hall–Kier alpha value is -2.33. The molecule has 9 heteroatoms. The van der Waals surface area contributed by atoms with Crippen LogP contribution < -0.4 is 20.2 Å². The predicted octanol–water partition coefficient (Wildman–Crippen LogP) is 5.04. The normalized spacial score (nSPS) is 12.2. The number of carbonyl (C=O) groups is 2. The molecule has 2 amide bonds. The summed E-state index contributed by atoms with van der Waals surface area (Å²) in [4.78, 5) is 25.3. The highest BCUT2D eigenvalue weighted by Gasteiger charge is 2.24. The molecule has 1 atom stereocenters. The summed E-state index contributed by atoms with van der Waals surface area (Å²) in [6.45, 7) is 9.98. The molecule has 0 spiro atoms. The number of rotatable bonds is 10. The average molecular weight is 586 g/mol. The summed E-state index contributed by atoms with van der Waals surface area (Å²) < 4.78 is 12.5. The lowest BCUT2D eigenvalue weighted by atomic mass is 10.0. The Balaban J connectivity index is 2.12. The molecule has 0 bridgehead atoms. The van der Waals surface area contributed by atoms with Gasteiger partial charge in [0.05, 0.1) is 22.5 Å². The first kappa shape index (κ1) is 26.9. The number of amides is 2. The van der Waals surface area contributed by atoms with Crippen LogP contribution >= 0.6 is 34.2 Å². The van der Waals surface area contributed by atoms with Gasteiger partial charge in [0.2, 0.25) is 0 Å². The zero-order chi connectivity index (χ0) is 24.5. The van der Waals surface area contributed by atoms with Crippen LogP contribution in [0.15, 0.2) is 41.5 Å². The van der Waals surface area contributed by atoms with Crippen LogP contribution in [-0.4, -0.2) is 36.8 Å². The van der Waals surface area contributed by atoms with Gasteiger partial charge in [0.1, 0.15) is 6.04 Å². The third-order valence-corrected chi connectivity index (χ3v) is 5.43. The number of hydrogen-bond acceptors (Lipinski definition) is 5. The Bertz CT molecular complexity index is 1010. The minimum absolute atomic E-state index is 0.00613. The van der Waals surface area contributed by atoms with Crippen LogP contribution in [0.3, 0.4) is 0 Å². The molecule has 178 valence electrons. The molecule has 2 aromatic carbocycles. The van der Waals surface area contributed by atoms with Gasteiger partial charge < -0.3 is 14.8 Å². The largest absolute Gasteiger partial charge is 0.490 e. The molecule has 0 aliphatic carbocycles. The van der Waals surface area contributed by atoms with Crippen LogP contribution in [0.5, 0.6) is 11.5 Å². The number of carbonyl (C=O) groups excluding carboxylic acids is 2. The van der Waals surface area contributed by atoms with E-state index in [4.69, 9.17) is 21.1 Å². The summed E-state index contributed by atoms with van der Waals surface area (Å²) in [6.07, 6.45) is 1.53. The zero-order valence-corrected chi connectivity index (χ0v) is 22.2. The van der Waals surface area contributed by atoms with Crippen LogP contribution in [0.2, 0.25) is 5.02 Å². The van der Waals surface area contributed by atoms with E-state index in [2.05, 4.69) is 38.4 Å². The van der Waals surface area contributed by atoms with Crippen molar-refractivity contribution in [3.8, 4) is 11.5 Å². The quantitative estimate of drug-likeness (QED) is 0.232. The van der Waals surface area contributed by atoms with Crippen molar-refractivity contribution in [2.24, 2.45) is 11.0 Å². The smallest absolute Gasteiger partial charge is 0.262 e. The molecule has 0 saturated heterocycles. The summed E-state index contributed by atoms with van der Waals surface area (Å²) in [5.41, 5.74) is 3.63. The van der Waals surface area contributed by atoms with Crippen LogP contribution in [0, 0.1) is 9.49 Å². The van der Waals surface area contributed by atoms with Crippen molar-refractivity contribution >= 4 is 52.2 Å². The Morgan fingerprint density at radius 1 is 1.18 bits per heavy atom. The van der Waals surface area contributed by atoms with Gasteiger partial charge in [-0.25, -0.2) is 5.43 Å². The fourth-order valence-corrected chi connectivity index (χ4v) is 3.85. The molecule has 7 nitrogen and oxygen atoms in total. The van der Waals surface area contributed by atoms with E-state index >= 15 is 0 Å². The Morgan fingerprint density at radius 2 is 1.91 bits per heavy atom.